The lowest BCUT2D eigenvalue weighted by atomic mass is 10.1. The van der Waals surface area contributed by atoms with Gasteiger partial charge in [-0.1, -0.05) is 0 Å². The Morgan fingerprint density at radius 1 is 1.47 bits per heavy atom. The fraction of sp³-hybridized carbons (Fsp3) is 0.417. The number of carbonyl (C=O) groups is 1. The first kappa shape index (κ1) is 14.9. The third kappa shape index (κ3) is 4.55. The topological polar surface area (TPSA) is 107 Å². The summed E-state index contributed by atoms with van der Waals surface area (Å²) in [4.78, 5) is 21.4. The van der Waals surface area contributed by atoms with Gasteiger partial charge in [0.15, 0.2) is 0 Å². The molecule has 0 aromatic heterocycles. The van der Waals surface area contributed by atoms with Gasteiger partial charge in [-0.25, -0.2) is 0 Å². The molecule has 0 spiro atoms. The van der Waals surface area contributed by atoms with Crippen LogP contribution in [0.2, 0.25) is 0 Å². The van der Waals surface area contributed by atoms with Gasteiger partial charge in [0, 0.05) is 31.9 Å². The van der Waals surface area contributed by atoms with Gasteiger partial charge in [-0.05, 0) is 25.0 Å². The maximum absolute atomic E-state index is 11.0. The average Bonchev–Trinajstić information content (AvgIpc) is 2.38. The number of rotatable bonds is 8. The molecule has 1 aromatic rings. The second-order valence-corrected chi connectivity index (χ2v) is 3.98. The summed E-state index contributed by atoms with van der Waals surface area (Å²) in [6, 6.07) is 4.14. The summed E-state index contributed by atoms with van der Waals surface area (Å²) >= 11 is 0. The zero-order valence-electron chi connectivity index (χ0n) is 10.7. The van der Waals surface area contributed by atoms with Crippen molar-refractivity contribution < 1.29 is 14.5 Å². The van der Waals surface area contributed by atoms with Gasteiger partial charge >= 0.3 is 0 Å². The van der Waals surface area contributed by atoms with Crippen LogP contribution in [0.5, 0.6) is 0 Å². The van der Waals surface area contributed by atoms with E-state index < -0.39 is 10.8 Å². The molecular weight excluding hydrogens is 250 g/mol. The quantitative estimate of drug-likeness (QED) is 0.422. The molecule has 1 amide bonds. The summed E-state index contributed by atoms with van der Waals surface area (Å²) in [6.07, 6.45) is 1.71. The molecule has 0 aliphatic carbocycles. The highest BCUT2D eigenvalue weighted by Gasteiger charge is 2.15. The Hall–Kier alpha value is -2.15. The van der Waals surface area contributed by atoms with Crippen LogP contribution in [0.3, 0.4) is 0 Å². The van der Waals surface area contributed by atoms with Crippen molar-refractivity contribution in [2.24, 2.45) is 5.73 Å². The maximum Gasteiger partial charge on any atom is 0.293 e. The van der Waals surface area contributed by atoms with Gasteiger partial charge in [-0.2, -0.15) is 0 Å². The van der Waals surface area contributed by atoms with E-state index in [-0.39, 0.29) is 11.3 Å². The van der Waals surface area contributed by atoms with E-state index in [1.165, 1.54) is 18.2 Å². The Morgan fingerprint density at radius 2 is 2.21 bits per heavy atom. The van der Waals surface area contributed by atoms with Crippen molar-refractivity contribution in [3.63, 3.8) is 0 Å². The Bertz CT molecular complexity index is 462. The summed E-state index contributed by atoms with van der Waals surface area (Å²) in [7, 11) is 1.63. The van der Waals surface area contributed by atoms with E-state index in [0.29, 0.717) is 18.8 Å². The first-order chi connectivity index (χ1) is 9.06. The molecule has 0 atom stereocenters. The number of primary amides is 1. The molecule has 7 nitrogen and oxygen atoms in total. The molecule has 0 saturated carbocycles. The number of carbonyl (C=O) groups excluding carboxylic acids is 1. The number of benzene rings is 1. The molecule has 0 unspecified atom stereocenters. The third-order valence-electron chi connectivity index (χ3n) is 2.57. The van der Waals surface area contributed by atoms with Crippen LogP contribution in [0.1, 0.15) is 23.2 Å². The Balaban J connectivity index is 2.71. The zero-order valence-corrected chi connectivity index (χ0v) is 10.7. The van der Waals surface area contributed by atoms with E-state index >= 15 is 0 Å². The molecule has 0 radical (unpaired) electrons. The number of unbranched alkanes of at least 4 members (excludes halogenated alkanes) is 1. The normalized spacial score (nSPS) is 10.2. The van der Waals surface area contributed by atoms with E-state index in [9.17, 15) is 14.9 Å². The van der Waals surface area contributed by atoms with Crippen LogP contribution >= 0.6 is 0 Å². The molecular formula is C12H17N3O4. The number of hydrogen-bond acceptors (Lipinski definition) is 5. The second-order valence-electron chi connectivity index (χ2n) is 3.98. The van der Waals surface area contributed by atoms with Gasteiger partial charge in [0.25, 0.3) is 5.69 Å². The van der Waals surface area contributed by atoms with E-state index in [1.807, 2.05) is 0 Å². The summed E-state index contributed by atoms with van der Waals surface area (Å²) in [5, 5.41) is 13.9. The molecule has 1 rings (SSSR count). The number of hydrogen-bond donors (Lipinski definition) is 2. The minimum absolute atomic E-state index is 0.122. The number of anilines is 1. The fourth-order valence-corrected chi connectivity index (χ4v) is 1.58. The lowest BCUT2D eigenvalue weighted by molar-refractivity contribution is -0.384. The number of methoxy groups -OCH3 is 1. The maximum atomic E-state index is 11.0. The van der Waals surface area contributed by atoms with E-state index in [4.69, 9.17) is 10.5 Å². The molecule has 1 aromatic carbocycles. The highest BCUT2D eigenvalue weighted by atomic mass is 16.6. The van der Waals surface area contributed by atoms with Crippen LogP contribution in [-0.4, -0.2) is 31.1 Å². The van der Waals surface area contributed by atoms with Gasteiger partial charge in [0.2, 0.25) is 5.91 Å². The molecule has 0 bridgehead atoms. The van der Waals surface area contributed by atoms with Crippen molar-refractivity contribution in [1.82, 2.24) is 0 Å². The highest BCUT2D eigenvalue weighted by molar-refractivity contribution is 5.94. The molecule has 19 heavy (non-hydrogen) atoms. The Morgan fingerprint density at radius 3 is 2.79 bits per heavy atom. The van der Waals surface area contributed by atoms with Crippen molar-refractivity contribution >= 4 is 17.3 Å². The standard InChI is InChI=1S/C12H17N3O4/c1-19-7-3-2-6-14-10-5-4-9(12(13)16)8-11(10)15(17)18/h4-5,8,14H,2-3,6-7H2,1H3,(H2,13,16). The Kier molecular flexibility index (Phi) is 5.74. The third-order valence-corrected chi connectivity index (χ3v) is 2.57. The first-order valence-corrected chi connectivity index (χ1v) is 5.87. The molecule has 104 valence electrons. The molecule has 0 saturated heterocycles. The number of nitrogens with zero attached hydrogens (tertiary/aromatic N) is 1. The lowest BCUT2D eigenvalue weighted by Crippen LogP contribution is -2.12. The van der Waals surface area contributed by atoms with Crippen molar-refractivity contribution in [2.45, 2.75) is 12.8 Å². The molecule has 7 heteroatoms. The van der Waals surface area contributed by atoms with Crippen molar-refractivity contribution in [3.8, 4) is 0 Å². The van der Waals surface area contributed by atoms with Gasteiger partial charge < -0.3 is 15.8 Å². The van der Waals surface area contributed by atoms with E-state index in [1.54, 1.807) is 7.11 Å². The van der Waals surface area contributed by atoms with Gasteiger partial charge in [-0.3, -0.25) is 14.9 Å². The number of ether oxygens (including phenoxy) is 1. The van der Waals surface area contributed by atoms with Crippen molar-refractivity contribution in [1.29, 1.82) is 0 Å². The second kappa shape index (κ2) is 7.32. The zero-order chi connectivity index (χ0) is 14.3. The van der Waals surface area contributed by atoms with Gasteiger partial charge in [0.1, 0.15) is 5.69 Å². The predicted molar refractivity (Wildman–Crippen MR) is 71.2 cm³/mol. The largest absolute Gasteiger partial charge is 0.385 e. The monoisotopic (exact) mass is 267 g/mol. The molecule has 0 aliphatic rings. The fourth-order valence-electron chi connectivity index (χ4n) is 1.58. The molecule has 0 fully saturated rings. The minimum Gasteiger partial charge on any atom is -0.385 e. The van der Waals surface area contributed by atoms with Crippen LogP contribution in [0, 0.1) is 10.1 Å². The number of amides is 1. The van der Waals surface area contributed by atoms with Crippen LogP contribution in [0.4, 0.5) is 11.4 Å². The van der Waals surface area contributed by atoms with Gasteiger partial charge in [-0.15, -0.1) is 0 Å². The SMILES string of the molecule is COCCCCNc1ccc(C(N)=O)cc1[N+](=O)[O-]. The summed E-state index contributed by atoms with van der Waals surface area (Å²) in [5.74, 6) is -0.685. The molecule has 0 heterocycles. The summed E-state index contributed by atoms with van der Waals surface area (Å²) in [5.41, 5.74) is 5.45. The number of nitrogens with two attached hydrogens (primary N) is 1. The summed E-state index contributed by atoms with van der Waals surface area (Å²) < 4.78 is 4.91. The van der Waals surface area contributed by atoms with Crippen LogP contribution in [-0.2, 0) is 4.74 Å². The lowest BCUT2D eigenvalue weighted by Gasteiger charge is -2.07. The average molecular weight is 267 g/mol. The highest BCUT2D eigenvalue weighted by Crippen LogP contribution is 2.25. The van der Waals surface area contributed by atoms with E-state index in [2.05, 4.69) is 5.32 Å². The first-order valence-electron chi connectivity index (χ1n) is 5.87. The smallest absolute Gasteiger partial charge is 0.293 e. The van der Waals surface area contributed by atoms with E-state index in [0.717, 1.165) is 12.8 Å². The minimum atomic E-state index is -0.685. The Labute approximate surface area is 110 Å². The number of nitro groups is 1. The summed E-state index contributed by atoms with van der Waals surface area (Å²) in [6.45, 7) is 1.25. The van der Waals surface area contributed by atoms with Crippen molar-refractivity contribution in [2.75, 3.05) is 25.6 Å². The molecule has 0 aliphatic heterocycles. The van der Waals surface area contributed by atoms with Crippen LogP contribution in [0.15, 0.2) is 18.2 Å². The van der Waals surface area contributed by atoms with Crippen LogP contribution < -0.4 is 11.1 Å². The number of nitrogens with one attached hydrogen (secondary N) is 1. The predicted octanol–water partition coefficient (Wildman–Crippen LogP) is 1.53. The van der Waals surface area contributed by atoms with Crippen LogP contribution in [0.25, 0.3) is 0 Å². The molecule has 3 N–H and O–H groups in total. The number of nitro benzene ring substituents is 1. The van der Waals surface area contributed by atoms with Crippen molar-refractivity contribution in [3.05, 3.63) is 33.9 Å². The van der Waals surface area contributed by atoms with Gasteiger partial charge in [0.05, 0.1) is 4.92 Å².